The second-order valence-corrected chi connectivity index (χ2v) is 14.1. The summed E-state index contributed by atoms with van der Waals surface area (Å²) in [6.45, 7) is 5.23. The molecule has 238 valence electrons. The van der Waals surface area contributed by atoms with Crippen LogP contribution in [-0.4, -0.2) is 64.4 Å². The molecule has 0 aromatic heterocycles. The van der Waals surface area contributed by atoms with E-state index in [1.165, 1.54) is 83.5 Å². The summed E-state index contributed by atoms with van der Waals surface area (Å²) in [5, 5.41) is 0. The highest BCUT2D eigenvalue weighted by molar-refractivity contribution is 7.51. The first-order valence-electron chi connectivity index (χ1n) is 16.4. The maximum Gasteiger partial charge on any atom is 0.193 e. The Labute approximate surface area is 249 Å². The van der Waals surface area contributed by atoms with E-state index in [1.807, 2.05) is 28.1 Å². The molecule has 0 aliphatic rings. The smallest absolute Gasteiger partial charge is 0.193 e. The van der Waals surface area contributed by atoms with Crippen LogP contribution in [0.3, 0.4) is 0 Å². The monoisotopic (exact) mass is 587 g/mol. The number of hydrogen-bond donors (Lipinski definition) is 0. The molecule has 0 N–H and O–H groups in total. The highest BCUT2D eigenvalue weighted by Crippen LogP contribution is 2.48. The molecule has 7 heteroatoms. The summed E-state index contributed by atoms with van der Waals surface area (Å²) in [6, 6.07) is 0. The van der Waals surface area contributed by atoms with Gasteiger partial charge in [-0.3, -0.25) is 0 Å². The minimum atomic E-state index is -4.01. The molecule has 3 atom stereocenters. The lowest BCUT2D eigenvalue weighted by Gasteiger charge is -2.41. The summed E-state index contributed by atoms with van der Waals surface area (Å²) in [5.41, 5.74) is 0. The van der Waals surface area contributed by atoms with Crippen molar-refractivity contribution in [1.82, 2.24) is 0 Å². The predicted octanol–water partition coefficient (Wildman–Crippen LogP) is 8.79. The summed E-state index contributed by atoms with van der Waals surface area (Å²) in [4.78, 5) is 12.7. The van der Waals surface area contributed by atoms with Gasteiger partial charge in [0.25, 0.3) is 0 Å². The molecule has 0 fully saturated rings. The van der Waals surface area contributed by atoms with Gasteiger partial charge >= 0.3 is 0 Å². The summed E-state index contributed by atoms with van der Waals surface area (Å²) in [5.74, 6) is -0.559. The third kappa shape index (κ3) is 23.1. The number of nitrogens with zero attached hydrogens (tertiary/aromatic N) is 1. The molecule has 0 spiro atoms. The number of ether oxygens (including phenoxy) is 2. The van der Waals surface area contributed by atoms with Gasteiger partial charge in [0.1, 0.15) is 6.10 Å². The zero-order chi connectivity index (χ0) is 30.0. The van der Waals surface area contributed by atoms with Crippen LogP contribution in [-0.2, 0) is 18.6 Å². The lowest BCUT2D eigenvalue weighted by Crippen LogP contribution is -2.47. The normalized spacial score (nSPS) is 15.7. The number of rotatable bonds is 29. The van der Waals surface area contributed by atoms with Gasteiger partial charge in [0, 0.05) is 20.1 Å². The molecule has 0 heterocycles. The van der Waals surface area contributed by atoms with Crippen molar-refractivity contribution in [3.8, 4) is 0 Å². The molecule has 0 aromatic carbocycles. The van der Waals surface area contributed by atoms with Gasteiger partial charge in [0.05, 0.1) is 34.4 Å². The summed E-state index contributed by atoms with van der Waals surface area (Å²) in [6.07, 6.45) is 30.8. The van der Waals surface area contributed by atoms with Crippen LogP contribution in [0.2, 0.25) is 0 Å². The van der Waals surface area contributed by atoms with Gasteiger partial charge < -0.3 is 27.9 Å². The van der Waals surface area contributed by atoms with Crippen molar-refractivity contribution in [3.63, 3.8) is 0 Å². The molecule has 0 aliphatic heterocycles. The van der Waals surface area contributed by atoms with Crippen molar-refractivity contribution in [3.05, 3.63) is 24.3 Å². The largest absolute Gasteiger partial charge is 0.774 e. The Bertz CT molecular complexity index is 662. The third-order valence-electron chi connectivity index (χ3n) is 7.34. The Morgan fingerprint density at radius 1 is 0.700 bits per heavy atom. The first-order valence-corrected chi connectivity index (χ1v) is 18.0. The van der Waals surface area contributed by atoms with Gasteiger partial charge in [-0.2, -0.15) is 0 Å². The molecular weight excluding hydrogens is 521 g/mol. The molecule has 40 heavy (non-hydrogen) atoms. The van der Waals surface area contributed by atoms with Gasteiger partial charge in [-0.25, -0.2) is 0 Å². The third-order valence-corrected chi connectivity index (χ3v) is 9.53. The SMILES string of the molecule is CCCC/C=C\CCCCCCCCCC/C=C\CCCCOC[C@H](COP(=O)([O-])C(CCC)[N+](C)(C)C)OC. The molecule has 0 rings (SSSR count). The van der Waals surface area contributed by atoms with E-state index in [4.69, 9.17) is 14.0 Å². The summed E-state index contributed by atoms with van der Waals surface area (Å²) >= 11 is 0. The quantitative estimate of drug-likeness (QED) is 0.0379. The molecule has 0 saturated heterocycles. The highest BCUT2D eigenvalue weighted by Gasteiger charge is 2.35. The van der Waals surface area contributed by atoms with Gasteiger partial charge in [0.2, 0.25) is 0 Å². The first-order chi connectivity index (χ1) is 19.2. The highest BCUT2D eigenvalue weighted by atomic mass is 31.2. The van der Waals surface area contributed by atoms with Gasteiger partial charge in [0.15, 0.2) is 13.4 Å². The fourth-order valence-corrected chi connectivity index (χ4v) is 6.71. The molecule has 0 saturated carbocycles. The van der Waals surface area contributed by atoms with Gasteiger partial charge in [-0.05, 0) is 57.8 Å². The predicted molar refractivity (Wildman–Crippen MR) is 170 cm³/mol. The van der Waals surface area contributed by atoms with E-state index in [0.717, 1.165) is 25.7 Å². The number of unbranched alkanes of at least 4 members (excludes halogenated alkanes) is 13. The fraction of sp³-hybridized carbons (Fsp3) is 0.879. The number of hydrogen-bond acceptors (Lipinski definition) is 5. The topological polar surface area (TPSA) is 67.8 Å². The van der Waals surface area contributed by atoms with E-state index < -0.39 is 13.4 Å². The van der Waals surface area contributed by atoms with Crippen molar-refractivity contribution in [2.45, 2.75) is 141 Å². The second kappa shape index (κ2) is 26.2. The van der Waals surface area contributed by atoms with Crippen LogP contribution >= 0.6 is 7.60 Å². The van der Waals surface area contributed by atoms with Crippen molar-refractivity contribution >= 4 is 7.60 Å². The van der Waals surface area contributed by atoms with Crippen LogP contribution < -0.4 is 4.89 Å². The van der Waals surface area contributed by atoms with Crippen molar-refractivity contribution in [2.75, 3.05) is 48.1 Å². The Hall–Kier alpha value is -0.490. The molecule has 6 nitrogen and oxygen atoms in total. The van der Waals surface area contributed by atoms with Gasteiger partial charge in [-0.15, -0.1) is 0 Å². The Morgan fingerprint density at radius 2 is 1.18 bits per heavy atom. The van der Waals surface area contributed by atoms with Crippen LogP contribution in [0.15, 0.2) is 24.3 Å². The first kappa shape index (κ1) is 39.5. The summed E-state index contributed by atoms with van der Waals surface area (Å²) < 4.78 is 29.6. The van der Waals surface area contributed by atoms with Crippen LogP contribution in [0.25, 0.3) is 0 Å². The second-order valence-electron chi connectivity index (χ2n) is 12.1. The van der Waals surface area contributed by atoms with E-state index >= 15 is 0 Å². The van der Waals surface area contributed by atoms with E-state index in [0.29, 0.717) is 24.1 Å². The molecule has 2 unspecified atom stereocenters. The van der Waals surface area contributed by atoms with Crippen molar-refractivity contribution in [2.24, 2.45) is 0 Å². The average molecular weight is 588 g/mol. The average Bonchev–Trinajstić information content (AvgIpc) is 2.91. The standard InChI is InChI=1S/C33H66NO5P/c1-7-9-10-11-12-13-14-15-16-17-18-19-20-21-22-23-24-25-26-27-29-38-30-32(37-6)31-39-40(35,36)33(28-8-2)34(3,4)5/h11-12,23-24,32-33H,7-10,13-22,25-31H2,1-6H3/b12-11-,24-23-/t32-,33?/m1/s1. The van der Waals surface area contributed by atoms with Crippen molar-refractivity contribution < 1.29 is 27.9 Å². The Kier molecular flexibility index (Phi) is 25.8. The molecular formula is C33H66NO5P. The van der Waals surface area contributed by atoms with Crippen LogP contribution in [0.5, 0.6) is 0 Å². The van der Waals surface area contributed by atoms with Crippen LogP contribution in [0.1, 0.15) is 129 Å². The number of quaternary nitrogens is 1. The number of methoxy groups -OCH3 is 1. The maximum absolute atomic E-state index is 12.7. The van der Waals surface area contributed by atoms with Gasteiger partial charge in [-0.1, -0.05) is 89.5 Å². The fourth-order valence-electron chi connectivity index (χ4n) is 4.74. The van der Waals surface area contributed by atoms with Crippen molar-refractivity contribution in [1.29, 1.82) is 0 Å². The zero-order valence-corrected chi connectivity index (χ0v) is 28.1. The Morgan fingerprint density at radius 3 is 1.62 bits per heavy atom. The maximum atomic E-state index is 12.7. The minimum absolute atomic E-state index is 0.00268. The van der Waals surface area contributed by atoms with E-state index in [1.54, 1.807) is 7.11 Å². The van der Waals surface area contributed by atoms with Crippen LogP contribution in [0.4, 0.5) is 0 Å². The lowest BCUT2D eigenvalue weighted by molar-refractivity contribution is -0.884. The molecule has 0 radical (unpaired) electrons. The number of allylic oxidation sites excluding steroid dienone is 4. The van der Waals surface area contributed by atoms with Crippen LogP contribution in [0, 0.1) is 0 Å². The van der Waals surface area contributed by atoms with E-state index in [9.17, 15) is 9.46 Å². The van der Waals surface area contributed by atoms with E-state index in [2.05, 4.69) is 31.2 Å². The zero-order valence-electron chi connectivity index (χ0n) is 27.2. The molecule has 0 amide bonds. The molecule has 0 bridgehead atoms. The minimum Gasteiger partial charge on any atom is -0.774 e. The van der Waals surface area contributed by atoms with E-state index in [-0.39, 0.29) is 12.7 Å². The Balaban J connectivity index is 3.68. The summed E-state index contributed by atoms with van der Waals surface area (Å²) in [7, 11) is 3.22. The lowest BCUT2D eigenvalue weighted by atomic mass is 10.1. The molecule has 0 aliphatic carbocycles. The molecule has 0 aromatic rings.